The van der Waals surface area contributed by atoms with Crippen LogP contribution < -0.4 is 10.6 Å². The van der Waals surface area contributed by atoms with Gasteiger partial charge < -0.3 is 20.1 Å². The number of anilines is 1. The van der Waals surface area contributed by atoms with E-state index in [9.17, 15) is 9.59 Å². The summed E-state index contributed by atoms with van der Waals surface area (Å²) in [4.78, 5) is 31.8. The van der Waals surface area contributed by atoms with Crippen LogP contribution in [0.5, 0.6) is 0 Å². The van der Waals surface area contributed by atoms with Gasteiger partial charge in [-0.15, -0.1) is 0 Å². The monoisotopic (exact) mass is 433 g/mol. The molecule has 168 valence electrons. The fourth-order valence-corrected chi connectivity index (χ4v) is 4.42. The summed E-state index contributed by atoms with van der Waals surface area (Å²) in [5.74, 6) is 0.948. The van der Waals surface area contributed by atoms with Crippen LogP contribution >= 0.6 is 0 Å². The fourth-order valence-electron chi connectivity index (χ4n) is 4.42. The number of nitrogens with one attached hydrogen (secondary N) is 2. The zero-order chi connectivity index (χ0) is 22.7. The van der Waals surface area contributed by atoms with Crippen molar-refractivity contribution in [3.8, 4) is 0 Å². The second-order valence-corrected chi connectivity index (χ2v) is 8.58. The Balaban J connectivity index is 1.46. The van der Waals surface area contributed by atoms with Gasteiger partial charge in [-0.1, -0.05) is 24.3 Å². The molecule has 1 aromatic heterocycles. The largest absolute Gasteiger partial charge is 0.354 e. The van der Waals surface area contributed by atoms with Crippen molar-refractivity contribution in [3.05, 3.63) is 59.9 Å². The van der Waals surface area contributed by atoms with Crippen molar-refractivity contribution in [1.82, 2.24) is 19.8 Å². The van der Waals surface area contributed by atoms with E-state index in [1.54, 1.807) is 0 Å². The Kier molecular flexibility index (Phi) is 6.44. The Morgan fingerprint density at radius 2 is 1.88 bits per heavy atom. The lowest BCUT2D eigenvalue weighted by molar-refractivity contribution is -0.120. The lowest BCUT2D eigenvalue weighted by Crippen LogP contribution is -2.35. The van der Waals surface area contributed by atoms with E-state index in [-0.39, 0.29) is 24.0 Å². The first-order chi connectivity index (χ1) is 15.5. The lowest BCUT2D eigenvalue weighted by Gasteiger charge is -2.25. The van der Waals surface area contributed by atoms with Gasteiger partial charge in [-0.3, -0.25) is 4.79 Å². The summed E-state index contributed by atoms with van der Waals surface area (Å²) in [7, 11) is 0. The van der Waals surface area contributed by atoms with Crippen LogP contribution in [0, 0.1) is 0 Å². The molecule has 1 aliphatic rings. The molecule has 1 unspecified atom stereocenters. The average Bonchev–Trinajstić information content (AvgIpc) is 3.38. The van der Waals surface area contributed by atoms with Crippen LogP contribution in [0.1, 0.15) is 51.0 Å². The maximum Gasteiger partial charge on any atom is 0.322 e. The van der Waals surface area contributed by atoms with Gasteiger partial charge in [0.05, 0.1) is 23.5 Å². The van der Waals surface area contributed by atoms with Crippen LogP contribution in [0.4, 0.5) is 10.5 Å². The van der Waals surface area contributed by atoms with Crippen LogP contribution in [-0.4, -0.2) is 39.0 Å². The highest BCUT2D eigenvalue weighted by Crippen LogP contribution is 2.34. The standard InChI is InChI=1S/C25H31N5O2/c1-4-29-21-9-6-5-8-20(21)28-24(29)22-10-7-15-30(22)25(32)27-19-13-11-18(12-14-19)16-23(31)26-17(2)3/h5-6,8-9,11-14,17,22H,4,7,10,15-16H2,1-3H3,(H,26,31)(H,27,32). The number of para-hydroxylation sites is 2. The van der Waals surface area contributed by atoms with Crippen molar-refractivity contribution in [1.29, 1.82) is 0 Å². The molecular formula is C25H31N5O2. The van der Waals surface area contributed by atoms with Crippen molar-refractivity contribution in [3.63, 3.8) is 0 Å². The van der Waals surface area contributed by atoms with Crippen LogP contribution in [0.3, 0.4) is 0 Å². The van der Waals surface area contributed by atoms with Gasteiger partial charge in [0.15, 0.2) is 0 Å². The Bertz CT molecular complexity index is 1100. The smallest absolute Gasteiger partial charge is 0.322 e. The van der Waals surface area contributed by atoms with Crippen LogP contribution in [0.25, 0.3) is 11.0 Å². The number of carbonyl (C=O) groups is 2. The van der Waals surface area contributed by atoms with Gasteiger partial charge in [-0.25, -0.2) is 9.78 Å². The fraction of sp³-hybridized carbons (Fsp3) is 0.400. The average molecular weight is 434 g/mol. The Morgan fingerprint density at radius 3 is 2.59 bits per heavy atom. The number of amides is 3. The molecule has 3 aromatic rings. The lowest BCUT2D eigenvalue weighted by atomic mass is 10.1. The highest BCUT2D eigenvalue weighted by molar-refractivity contribution is 5.90. The number of aromatic nitrogens is 2. The number of imidazole rings is 1. The topological polar surface area (TPSA) is 79.3 Å². The second-order valence-electron chi connectivity index (χ2n) is 8.58. The van der Waals surface area contributed by atoms with E-state index in [0.29, 0.717) is 13.0 Å². The number of aryl methyl sites for hydroxylation is 1. The Labute approximate surface area is 188 Å². The molecule has 7 nitrogen and oxygen atoms in total. The summed E-state index contributed by atoms with van der Waals surface area (Å²) in [5, 5.41) is 5.91. The molecule has 4 rings (SSSR count). The molecule has 2 aromatic carbocycles. The minimum Gasteiger partial charge on any atom is -0.354 e. The minimum atomic E-state index is -0.118. The highest BCUT2D eigenvalue weighted by Gasteiger charge is 2.33. The zero-order valence-electron chi connectivity index (χ0n) is 19.0. The summed E-state index contributed by atoms with van der Waals surface area (Å²) in [5.41, 5.74) is 3.71. The minimum absolute atomic E-state index is 0.00416. The Morgan fingerprint density at radius 1 is 1.12 bits per heavy atom. The van der Waals surface area contributed by atoms with Gasteiger partial charge in [0.1, 0.15) is 5.82 Å². The van der Waals surface area contributed by atoms with Crippen LogP contribution in [0.2, 0.25) is 0 Å². The summed E-state index contributed by atoms with van der Waals surface area (Å²) in [6, 6.07) is 15.5. The predicted molar refractivity (Wildman–Crippen MR) is 127 cm³/mol. The van der Waals surface area contributed by atoms with E-state index in [1.165, 1.54) is 0 Å². The first-order valence-corrected chi connectivity index (χ1v) is 11.4. The van der Waals surface area contributed by atoms with Crippen molar-refractivity contribution >= 4 is 28.7 Å². The molecule has 0 bridgehead atoms. The predicted octanol–water partition coefficient (Wildman–Crippen LogP) is 4.49. The first kappa shape index (κ1) is 21.9. The number of rotatable bonds is 6. The number of benzene rings is 2. The summed E-state index contributed by atoms with van der Waals surface area (Å²) >= 11 is 0. The number of hydrogen-bond acceptors (Lipinski definition) is 3. The number of hydrogen-bond donors (Lipinski definition) is 2. The molecule has 1 aliphatic heterocycles. The van der Waals surface area contributed by atoms with Gasteiger partial charge in [0, 0.05) is 24.8 Å². The van der Waals surface area contributed by atoms with Crippen LogP contribution in [-0.2, 0) is 17.8 Å². The molecule has 0 aliphatic carbocycles. The van der Waals surface area contributed by atoms with Crippen molar-refractivity contribution in [2.24, 2.45) is 0 Å². The van der Waals surface area contributed by atoms with Crippen LogP contribution in [0.15, 0.2) is 48.5 Å². The van der Waals surface area contributed by atoms with Crippen molar-refractivity contribution < 1.29 is 9.59 Å². The normalized spacial score (nSPS) is 16.0. The molecule has 32 heavy (non-hydrogen) atoms. The summed E-state index contributed by atoms with van der Waals surface area (Å²) in [6.07, 6.45) is 2.18. The van der Waals surface area contributed by atoms with E-state index >= 15 is 0 Å². The van der Waals surface area contributed by atoms with Gasteiger partial charge in [-0.2, -0.15) is 0 Å². The van der Waals surface area contributed by atoms with Gasteiger partial charge in [-0.05, 0) is 63.4 Å². The number of urea groups is 1. The van der Waals surface area contributed by atoms with Crippen molar-refractivity contribution in [2.75, 3.05) is 11.9 Å². The zero-order valence-corrected chi connectivity index (χ0v) is 19.0. The molecule has 2 heterocycles. The molecule has 2 N–H and O–H groups in total. The number of carbonyl (C=O) groups excluding carboxylic acids is 2. The highest BCUT2D eigenvalue weighted by atomic mass is 16.2. The number of nitrogens with zero attached hydrogens (tertiary/aromatic N) is 3. The SMILES string of the molecule is CCn1c(C2CCCN2C(=O)Nc2ccc(CC(=O)NC(C)C)cc2)nc2ccccc21. The number of likely N-dealkylation sites (tertiary alicyclic amines) is 1. The second kappa shape index (κ2) is 9.42. The third-order valence-electron chi connectivity index (χ3n) is 5.83. The third-order valence-corrected chi connectivity index (χ3v) is 5.83. The molecule has 1 saturated heterocycles. The van der Waals surface area contributed by atoms with E-state index < -0.39 is 0 Å². The van der Waals surface area contributed by atoms with Gasteiger partial charge >= 0.3 is 6.03 Å². The van der Waals surface area contributed by atoms with E-state index in [0.717, 1.165) is 47.5 Å². The third kappa shape index (κ3) is 4.61. The maximum atomic E-state index is 13.1. The van der Waals surface area contributed by atoms with E-state index in [2.05, 4.69) is 28.2 Å². The Hall–Kier alpha value is -3.35. The quantitative estimate of drug-likeness (QED) is 0.601. The molecule has 0 saturated carbocycles. The van der Waals surface area contributed by atoms with E-state index in [1.807, 2.05) is 61.2 Å². The summed E-state index contributed by atoms with van der Waals surface area (Å²) < 4.78 is 2.21. The molecular weight excluding hydrogens is 402 g/mol. The molecule has 7 heteroatoms. The molecule has 0 spiro atoms. The van der Waals surface area contributed by atoms with Crippen molar-refractivity contribution in [2.45, 2.75) is 58.7 Å². The maximum absolute atomic E-state index is 13.1. The van der Waals surface area contributed by atoms with E-state index in [4.69, 9.17) is 4.98 Å². The molecule has 1 fully saturated rings. The number of fused-ring (bicyclic) bond motifs is 1. The molecule has 0 radical (unpaired) electrons. The molecule has 3 amide bonds. The van der Waals surface area contributed by atoms with Gasteiger partial charge in [0.25, 0.3) is 0 Å². The summed E-state index contributed by atoms with van der Waals surface area (Å²) in [6.45, 7) is 7.51. The van der Waals surface area contributed by atoms with Gasteiger partial charge in [0.2, 0.25) is 5.91 Å². The molecule has 1 atom stereocenters. The first-order valence-electron chi connectivity index (χ1n) is 11.4.